The van der Waals surface area contributed by atoms with Gasteiger partial charge in [0.05, 0.1) is 10.5 Å². The van der Waals surface area contributed by atoms with E-state index in [9.17, 15) is 22.9 Å². The average Bonchev–Trinajstić information content (AvgIpc) is 3.28. The molecule has 2 heterocycles. The van der Waals surface area contributed by atoms with Gasteiger partial charge in [-0.05, 0) is 42.7 Å². The van der Waals surface area contributed by atoms with Gasteiger partial charge in [-0.1, -0.05) is 24.3 Å². The summed E-state index contributed by atoms with van der Waals surface area (Å²) in [5.41, 5.74) is 0.789. The largest absolute Gasteiger partial charge is 0.342 e. The molecule has 1 fully saturated rings. The summed E-state index contributed by atoms with van der Waals surface area (Å²) in [7, 11) is -2.02. The van der Waals surface area contributed by atoms with Crippen molar-refractivity contribution in [2.75, 3.05) is 13.1 Å². The van der Waals surface area contributed by atoms with Crippen LogP contribution in [0.15, 0.2) is 65.8 Å². The second-order valence-electron chi connectivity index (χ2n) is 8.18. The van der Waals surface area contributed by atoms with Crippen LogP contribution in [0.5, 0.6) is 0 Å². The van der Waals surface area contributed by atoms with Crippen molar-refractivity contribution in [1.29, 1.82) is 5.26 Å². The van der Waals surface area contributed by atoms with Gasteiger partial charge >= 0.3 is 0 Å². The number of sulfonamides is 1. The van der Waals surface area contributed by atoms with Crippen LogP contribution >= 0.6 is 0 Å². The lowest BCUT2D eigenvalue weighted by atomic mass is 9.96. The van der Waals surface area contributed by atoms with E-state index in [1.165, 1.54) is 28.6 Å². The van der Waals surface area contributed by atoms with E-state index in [0.29, 0.717) is 24.2 Å². The maximum atomic E-state index is 13.4. The number of carbonyl (C=O) groups excluding carboxylic acids is 1. The predicted molar refractivity (Wildman–Crippen MR) is 122 cm³/mol. The van der Waals surface area contributed by atoms with Crippen LogP contribution in [0, 0.1) is 23.1 Å². The molecular weight excluding hydrogens is 457 g/mol. The van der Waals surface area contributed by atoms with Gasteiger partial charge in [0.15, 0.2) is 0 Å². The second kappa shape index (κ2) is 9.75. The number of aromatic nitrogens is 2. The van der Waals surface area contributed by atoms with Crippen LogP contribution in [-0.2, 0) is 21.9 Å². The Morgan fingerprint density at radius 2 is 1.85 bits per heavy atom. The van der Waals surface area contributed by atoms with Crippen molar-refractivity contribution in [1.82, 2.24) is 19.2 Å². The summed E-state index contributed by atoms with van der Waals surface area (Å²) in [5, 5.41) is 12.3. The molecule has 0 bridgehead atoms. The van der Waals surface area contributed by atoms with Gasteiger partial charge in [-0.25, -0.2) is 17.8 Å². The van der Waals surface area contributed by atoms with Gasteiger partial charge in [0.2, 0.25) is 15.9 Å². The molecule has 1 aromatic heterocycles. The van der Waals surface area contributed by atoms with Gasteiger partial charge in [0.25, 0.3) is 0 Å². The number of piperidine rings is 1. The number of rotatable bonds is 6. The Morgan fingerprint density at radius 3 is 2.47 bits per heavy atom. The molecule has 4 rings (SSSR count). The van der Waals surface area contributed by atoms with Crippen molar-refractivity contribution in [2.45, 2.75) is 23.8 Å². The molecule has 3 aromatic rings. The van der Waals surface area contributed by atoms with Gasteiger partial charge in [-0.3, -0.25) is 4.79 Å². The average molecular weight is 482 g/mol. The first-order valence-electron chi connectivity index (χ1n) is 10.8. The number of nitriles is 1. The Labute approximate surface area is 197 Å². The SMILES string of the molecule is Cn1ccnc1[C@H](NC(=O)C1CCN(S(=O)(=O)c2ccccc2C#N)CC1)c1ccc(F)cc1. The molecule has 0 spiro atoms. The molecule has 0 radical (unpaired) electrons. The fourth-order valence-electron chi connectivity index (χ4n) is 4.15. The molecule has 10 heteroatoms. The van der Waals surface area contributed by atoms with E-state index >= 15 is 0 Å². The number of imidazole rings is 1. The molecule has 8 nitrogen and oxygen atoms in total. The second-order valence-corrected chi connectivity index (χ2v) is 10.1. The van der Waals surface area contributed by atoms with E-state index in [4.69, 9.17) is 0 Å². The van der Waals surface area contributed by atoms with Gasteiger partial charge in [0.1, 0.15) is 23.8 Å². The third-order valence-electron chi connectivity index (χ3n) is 6.06. The molecule has 1 atom stereocenters. The normalized spacial score (nSPS) is 16.0. The molecule has 2 aromatic carbocycles. The zero-order chi connectivity index (χ0) is 24.3. The molecule has 1 saturated heterocycles. The number of benzene rings is 2. The Morgan fingerprint density at radius 1 is 1.18 bits per heavy atom. The fourth-order valence-corrected chi connectivity index (χ4v) is 5.76. The maximum absolute atomic E-state index is 13.4. The molecule has 0 saturated carbocycles. The molecule has 1 amide bonds. The quantitative estimate of drug-likeness (QED) is 0.583. The maximum Gasteiger partial charge on any atom is 0.244 e. The van der Waals surface area contributed by atoms with Gasteiger partial charge in [-0.15, -0.1) is 0 Å². The summed E-state index contributed by atoms with van der Waals surface area (Å²) >= 11 is 0. The summed E-state index contributed by atoms with van der Waals surface area (Å²) in [6.45, 7) is 0.341. The molecule has 1 aliphatic heterocycles. The monoisotopic (exact) mass is 481 g/mol. The van der Waals surface area contributed by atoms with Crippen LogP contribution in [0.25, 0.3) is 0 Å². The molecular formula is C24H24FN5O3S. The van der Waals surface area contributed by atoms with E-state index in [1.54, 1.807) is 41.2 Å². The topological polar surface area (TPSA) is 108 Å². The number of carbonyl (C=O) groups is 1. The lowest BCUT2D eigenvalue weighted by Gasteiger charge is -2.31. The van der Waals surface area contributed by atoms with Crippen molar-refractivity contribution in [3.8, 4) is 6.07 Å². The van der Waals surface area contributed by atoms with Crippen LogP contribution in [0.3, 0.4) is 0 Å². The Bertz CT molecular complexity index is 1320. The number of halogens is 1. The van der Waals surface area contributed by atoms with E-state index in [2.05, 4.69) is 10.3 Å². The zero-order valence-electron chi connectivity index (χ0n) is 18.6. The van der Waals surface area contributed by atoms with E-state index < -0.39 is 16.1 Å². The molecule has 0 unspecified atom stereocenters. The fraction of sp³-hybridized carbons (Fsp3) is 0.292. The summed E-state index contributed by atoms with van der Waals surface area (Å²) in [6.07, 6.45) is 4.08. The third-order valence-corrected chi connectivity index (χ3v) is 8.01. The molecule has 34 heavy (non-hydrogen) atoms. The Kier molecular flexibility index (Phi) is 6.77. The highest BCUT2D eigenvalue weighted by Gasteiger charge is 2.34. The van der Waals surface area contributed by atoms with Crippen LogP contribution in [-0.4, -0.2) is 41.3 Å². The Hall–Kier alpha value is -3.55. The lowest BCUT2D eigenvalue weighted by Crippen LogP contribution is -2.44. The smallest absolute Gasteiger partial charge is 0.244 e. The van der Waals surface area contributed by atoms with Gasteiger partial charge in [0, 0.05) is 38.4 Å². The van der Waals surface area contributed by atoms with E-state index in [0.717, 1.165) is 0 Å². The molecule has 1 N–H and O–H groups in total. The van der Waals surface area contributed by atoms with Crippen molar-refractivity contribution in [3.05, 3.63) is 83.7 Å². The minimum atomic E-state index is -3.83. The van der Waals surface area contributed by atoms with Crippen LogP contribution < -0.4 is 5.32 Å². The zero-order valence-corrected chi connectivity index (χ0v) is 19.4. The van der Waals surface area contributed by atoms with Crippen molar-refractivity contribution >= 4 is 15.9 Å². The van der Waals surface area contributed by atoms with E-state index in [-0.39, 0.29) is 41.2 Å². The number of nitrogens with one attached hydrogen (secondary N) is 1. The summed E-state index contributed by atoms with van der Waals surface area (Å²) in [4.78, 5) is 17.5. The Balaban J connectivity index is 1.48. The van der Waals surface area contributed by atoms with Crippen molar-refractivity contribution < 1.29 is 17.6 Å². The molecule has 0 aliphatic carbocycles. The first-order valence-corrected chi connectivity index (χ1v) is 12.3. The predicted octanol–water partition coefficient (Wildman–Crippen LogP) is 2.74. The van der Waals surface area contributed by atoms with Crippen molar-refractivity contribution in [2.24, 2.45) is 13.0 Å². The van der Waals surface area contributed by atoms with E-state index in [1.807, 2.05) is 13.1 Å². The summed E-state index contributed by atoms with van der Waals surface area (Å²) in [5.74, 6) is -0.374. The standard InChI is InChI=1S/C24H24FN5O3S/c1-29-15-12-27-23(29)22(17-6-8-20(25)9-7-17)28-24(31)18-10-13-30(14-11-18)34(32,33)21-5-3-2-4-19(21)16-26/h2-9,12,15,18,22H,10-11,13-14H2,1H3,(H,28,31)/t22-/m1/s1. The lowest BCUT2D eigenvalue weighted by molar-refractivity contribution is -0.126. The molecule has 176 valence electrons. The number of aryl methyl sites for hydroxylation is 1. The minimum absolute atomic E-state index is 0.0217. The number of hydrogen-bond acceptors (Lipinski definition) is 5. The summed E-state index contributed by atoms with van der Waals surface area (Å²) in [6, 6.07) is 13.3. The molecule has 1 aliphatic rings. The first-order chi connectivity index (χ1) is 16.3. The highest BCUT2D eigenvalue weighted by atomic mass is 32.2. The van der Waals surface area contributed by atoms with Crippen LogP contribution in [0.1, 0.15) is 35.8 Å². The van der Waals surface area contributed by atoms with Gasteiger partial charge < -0.3 is 9.88 Å². The van der Waals surface area contributed by atoms with Crippen LogP contribution in [0.2, 0.25) is 0 Å². The third kappa shape index (κ3) is 4.71. The van der Waals surface area contributed by atoms with Crippen molar-refractivity contribution in [3.63, 3.8) is 0 Å². The minimum Gasteiger partial charge on any atom is -0.342 e. The highest BCUT2D eigenvalue weighted by Crippen LogP contribution is 2.27. The van der Waals surface area contributed by atoms with Gasteiger partial charge in [-0.2, -0.15) is 9.57 Å². The summed E-state index contributed by atoms with van der Waals surface area (Å²) < 4.78 is 42.7. The van der Waals surface area contributed by atoms with Crippen LogP contribution in [0.4, 0.5) is 4.39 Å². The first kappa shape index (κ1) is 23.6. The number of nitrogens with zero attached hydrogens (tertiary/aromatic N) is 4. The number of amides is 1. The highest BCUT2D eigenvalue weighted by molar-refractivity contribution is 7.89. The number of hydrogen-bond donors (Lipinski definition) is 1.